The van der Waals surface area contributed by atoms with Gasteiger partial charge in [0, 0.05) is 25.0 Å². The zero-order valence-corrected chi connectivity index (χ0v) is 17.9. The first kappa shape index (κ1) is 20.2. The molecular formula is C25H33NO3. The second-order valence-electron chi connectivity index (χ2n) is 9.12. The molecule has 1 heterocycles. The molecular weight excluding hydrogens is 362 g/mol. The van der Waals surface area contributed by atoms with Crippen LogP contribution in [0.15, 0.2) is 36.4 Å². The third-order valence-corrected chi connectivity index (χ3v) is 6.76. The predicted octanol–water partition coefficient (Wildman–Crippen LogP) is 5.04. The van der Waals surface area contributed by atoms with Crippen LogP contribution in [0.2, 0.25) is 0 Å². The quantitative estimate of drug-likeness (QED) is 0.643. The zero-order valence-electron chi connectivity index (χ0n) is 17.9. The first-order chi connectivity index (χ1) is 14.0. The molecule has 29 heavy (non-hydrogen) atoms. The molecule has 0 aromatic heterocycles. The summed E-state index contributed by atoms with van der Waals surface area (Å²) in [5, 5.41) is 2.42. The molecule has 0 amide bonds. The average molecular weight is 396 g/mol. The van der Waals surface area contributed by atoms with Crippen molar-refractivity contribution in [1.82, 2.24) is 4.90 Å². The van der Waals surface area contributed by atoms with Gasteiger partial charge in [0.15, 0.2) is 0 Å². The second kappa shape index (κ2) is 8.74. The molecule has 4 heteroatoms. The van der Waals surface area contributed by atoms with E-state index < -0.39 is 0 Å². The van der Waals surface area contributed by atoms with Crippen molar-refractivity contribution in [3.8, 4) is 5.75 Å². The zero-order chi connectivity index (χ0) is 20.4. The molecule has 0 radical (unpaired) electrons. The van der Waals surface area contributed by atoms with E-state index in [0.29, 0.717) is 6.10 Å². The highest BCUT2D eigenvalue weighted by Crippen LogP contribution is 2.34. The molecule has 0 unspecified atom stereocenters. The first-order valence-electron chi connectivity index (χ1n) is 11.0. The van der Waals surface area contributed by atoms with Crippen molar-refractivity contribution in [2.75, 3.05) is 20.2 Å². The molecule has 2 fully saturated rings. The molecule has 0 N–H and O–H groups in total. The SMILES string of the molecule is COC(=O)C1CN(Cc2ccc3c(OC4CCC(C(C)C)CC4)cccc3c2)C1. The van der Waals surface area contributed by atoms with E-state index in [1.807, 2.05) is 0 Å². The van der Waals surface area contributed by atoms with Crippen LogP contribution >= 0.6 is 0 Å². The number of hydrogen-bond acceptors (Lipinski definition) is 4. The van der Waals surface area contributed by atoms with Crippen molar-refractivity contribution in [2.24, 2.45) is 17.8 Å². The average Bonchev–Trinajstić information content (AvgIpc) is 2.70. The molecule has 2 aliphatic rings. The fourth-order valence-corrected chi connectivity index (χ4v) is 4.83. The lowest BCUT2D eigenvalue weighted by Gasteiger charge is -2.37. The van der Waals surface area contributed by atoms with Crippen LogP contribution in [0.3, 0.4) is 0 Å². The standard InChI is InChI=1S/C25H33NO3/c1-17(2)19-8-10-22(11-9-19)29-24-6-4-5-20-13-18(7-12-23(20)24)14-26-15-21(16-26)25(27)28-3/h4-7,12-13,17,19,21-22H,8-11,14-16H2,1-3H3. The number of hydrogen-bond donors (Lipinski definition) is 0. The van der Waals surface area contributed by atoms with Gasteiger partial charge in [0.25, 0.3) is 0 Å². The van der Waals surface area contributed by atoms with Crippen LogP contribution in [0, 0.1) is 17.8 Å². The Morgan fingerprint density at radius 1 is 1.10 bits per heavy atom. The Morgan fingerprint density at radius 3 is 2.55 bits per heavy atom. The van der Waals surface area contributed by atoms with Gasteiger partial charge in [0.2, 0.25) is 0 Å². The largest absolute Gasteiger partial charge is 0.490 e. The summed E-state index contributed by atoms with van der Waals surface area (Å²) in [6, 6.07) is 13.0. The van der Waals surface area contributed by atoms with Gasteiger partial charge in [-0.1, -0.05) is 38.1 Å². The Bertz CT molecular complexity index is 848. The molecule has 1 saturated heterocycles. The van der Waals surface area contributed by atoms with Crippen molar-refractivity contribution in [3.05, 3.63) is 42.0 Å². The molecule has 0 spiro atoms. The molecule has 0 bridgehead atoms. The third kappa shape index (κ3) is 4.58. The van der Waals surface area contributed by atoms with Gasteiger partial charge >= 0.3 is 5.97 Å². The third-order valence-electron chi connectivity index (χ3n) is 6.76. The minimum Gasteiger partial charge on any atom is -0.490 e. The second-order valence-corrected chi connectivity index (χ2v) is 9.12. The lowest BCUT2D eigenvalue weighted by atomic mass is 9.80. The Hall–Kier alpha value is -2.07. The topological polar surface area (TPSA) is 38.8 Å². The molecule has 2 aromatic rings. The number of esters is 1. The van der Waals surface area contributed by atoms with E-state index in [2.05, 4.69) is 55.1 Å². The van der Waals surface area contributed by atoms with Crippen molar-refractivity contribution >= 4 is 16.7 Å². The van der Waals surface area contributed by atoms with Gasteiger partial charge in [0.1, 0.15) is 5.75 Å². The maximum atomic E-state index is 11.6. The van der Waals surface area contributed by atoms with Crippen LogP contribution in [0.25, 0.3) is 10.8 Å². The minimum absolute atomic E-state index is 0.0336. The highest BCUT2D eigenvalue weighted by atomic mass is 16.5. The maximum absolute atomic E-state index is 11.6. The summed E-state index contributed by atoms with van der Waals surface area (Å²) >= 11 is 0. The summed E-state index contributed by atoms with van der Waals surface area (Å²) in [5.74, 6) is 2.58. The van der Waals surface area contributed by atoms with Crippen LogP contribution < -0.4 is 4.74 Å². The molecule has 0 atom stereocenters. The summed E-state index contributed by atoms with van der Waals surface area (Å²) in [7, 11) is 1.46. The van der Waals surface area contributed by atoms with Crippen LogP contribution in [0.5, 0.6) is 5.75 Å². The summed E-state index contributed by atoms with van der Waals surface area (Å²) in [4.78, 5) is 13.8. The van der Waals surface area contributed by atoms with E-state index in [1.165, 1.54) is 36.3 Å². The van der Waals surface area contributed by atoms with Gasteiger partial charge in [-0.25, -0.2) is 0 Å². The minimum atomic E-state index is -0.0935. The van der Waals surface area contributed by atoms with Gasteiger partial charge in [0.05, 0.1) is 19.1 Å². The normalized spacial score (nSPS) is 23.2. The lowest BCUT2D eigenvalue weighted by molar-refractivity contribution is -0.151. The van der Waals surface area contributed by atoms with E-state index in [-0.39, 0.29) is 11.9 Å². The molecule has 4 nitrogen and oxygen atoms in total. The van der Waals surface area contributed by atoms with E-state index in [1.54, 1.807) is 0 Å². The number of benzene rings is 2. The Labute approximate surface area is 174 Å². The number of fused-ring (bicyclic) bond motifs is 1. The van der Waals surface area contributed by atoms with Crippen LogP contribution in [-0.4, -0.2) is 37.2 Å². The smallest absolute Gasteiger partial charge is 0.311 e. The van der Waals surface area contributed by atoms with E-state index in [9.17, 15) is 4.79 Å². The fraction of sp³-hybridized carbons (Fsp3) is 0.560. The molecule has 4 rings (SSSR count). The number of ether oxygens (including phenoxy) is 2. The van der Waals surface area contributed by atoms with Gasteiger partial charge in [-0.15, -0.1) is 0 Å². The van der Waals surface area contributed by atoms with Crippen molar-refractivity contribution in [3.63, 3.8) is 0 Å². The lowest BCUT2D eigenvalue weighted by Crippen LogP contribution is -2.49. The number of nitrogens with zero attached hydrogens (tertiary/aromatic N) is 1. The van der Waals surface area contributed by atoms with E-state index in [0.717, 1.165) is 50.1 Å². The van der Waals surface area contributed by atoms with Gasteiger partial charge < -0.3 is 9.47 Å². The maximum Gasteiger partial charge on any atom is 0.311 e. The van der Waals surface area contributed by atoms with Crippen LogP contribution in [0.1, 0.15) is 45.1 Å². The van der Waals surface area contributed by atoms with Crippen LogP contribution in [0.4, 0.5) is 0 Å². The summed E-state index contributed by atoms with van der Waals surface area (Å²) in [6.45, 7) is 7.11. The van der Waals surface area contributed by atoms with E-state index >= 15 is 0 Å². The summed E-state index contributed by atoms with van der Waals surface area (Å²) in [6.07, 6.45) is 5.22. The van der Waals surface area contributed by atoms with Gasteiger partial charge in [-0.3, -0.25) is 9.69 Å². The number of likely N-dealkylation sites (tertiary alicyclic amines) is 1. The number of carbonyl (C=O) groups is 1. The fourth-order valence-electron chi connectivity index (χ4n) is 4.83. The van der Waals surface area contributed by atoms with Crippen molar-refractivity contribution < 1.29 is 14.3 Å². The molecule has 156 valence electrons. The number of rotatable bonds is 6. The van der Waals surface area contributed by atoms with Crippen molar-refractivity contribution in [1.29, 1.82) is 0 Å². The monoisotopic (exact) mass is 395 g/mol. The van der Waals surface area contributed by atoms with Crippen LogP contribution in [-0.2, 0) is 16.1 Å². The molecule has 1 aliphatic heterocycles. The Balaban J connectivity index is 1.39. The van der Waals surface area contributed by atoms with Gasteiger partial charge in [-0.05, 0) is 60.6 Å². The summed E-state index contributed by atoms with van der Waals surface area (Å²) in [5.41, 5.74) is 1.27. The Kier molecular flexibility index (Phi) is 6.09. The molecule has 1 aliphatic carbocycles. The summed E-state index contributed by atoms with van der Waals surface area (Å²) < 4.78 is 11.3. The Morgan fingerprint density at radius 2 is 1.86 bits per heavy atom. The van der Waals surface area contributed by atoms with Crippen molar-refractivity contribution in [2.45, 2.75) is 52.2 Å². The highest BCUT2D eigenvalue weighted by Gasteiger charge is 2.33. The highest BCUT2D eigenvalue weighted by molar-refractivity contribution is 5.88. The first-order valence-corrected chi connectivity index (χ1v) is 11.0. The number of methoxy groups -OCH3 is 1. The molecule has 1 saturated carbocycles. The van der Waals surface area contributed by atoms with Gasteiger partial charge in [-0.2, -0.15) is 0 Å². The van der Waals surface area contributed by atoms with E-state index in [4.69, 9.17) is 9.47 Å². The number of carbonyl (C=O) groups excluding carboxylic acids is 1. The predicted molar refractivity (Wildman–Crippen MR) is 116 cm³/mol. The molecule has 2 aromatic carbocycles.